The first-order chi connectivity index (χ1) is 12.9. The number of rotatable bonds is 5. The second-order valence-electron chi connectivity index (χ2n) is 9.63. The maximum atomic E-state index is 13.0. The van der Waals surface area contributed by atoms with Crippen LogP contribution < -0.4 is 10.6 Å². The lowest BCUT2D eigenvalue weighted by Gasteiger charge is -2.60. The molecule has 0 radical (unpaired) electrons. The number of alkyl halides is 1. The molecule has 0 aromatic heterocycles. The van der Waals surface area contributed by atoms with Crippen LogP contribution in [0.3, 0.4) is 0 Å². The van der Waals surface area contributed by atoms with Crippen molar-refractivity contribution in [3.8, 4) is 0 Å². The molecule has 1 aromatic carbocycles. The summed E-state index contributed by atoms with van der Waals surface area (Å²) < 4.78 is 0.263. The number of carbonyl (C=O) groups excluding carboxylic acids is 2. The lowest BCUT2D eigenvalue weighted by Crippen LogP contribution is -2.53. The lowest BCUT2D eigenvalue weighted by molar-refractivity contribution is -0.123. The molecule has 0 unspecified atom stereocenters. The Morgan fingerprint density at radius 1 is 1.07 bits per heavy atom. The van der Waals surface area contributed by atoms with Crippen molar-refractivity contribution in [2.24, 2.45) is 17.3 Å². The normalized spacial score (nSPS) is 36.5. The second-order valence-corrected chi connectivity index (χ2v) is 11.3. The van der Waals surface area contributed by atoms with E-state index < -0.39 is 0 Å². The molecule has 4 bridgehead atoms. The number of benzene rings is 1. The number of hydrogen-bond acceptors (Lipinski definition) is 2. The average Bonchev–Trinajstić information content (AvgIpc) is 3.36. The molecule has 5 aliphatic carbocycles. The van der Waals surface area contributed by atoms with Crippen molar-refractivity contribution >= 4 is 33.4 Å². The summed E-state index contributed by atoms with van der Waals surface area (Å²) in [6, 6.07) is 7.67. The van der Waals surface area contributed by atoms with Crippen LogP contribution in [0.15, 0.2) is 24.3 Å². The van der Waals surface area contributed by atoms with Crippen LogP contribution in [0.25, 0.3) is 0 Å². The van der Waals surface area contributed by atoms with Crippen molar-refractivity contribution in [1.82, 2.24) is 5.32 Å². The van der Waals surface area contributed by atoms with Gasteiger partial charge in [0.1, 0.15) is 0 Å². The van der Waals surface area contributed by atoms with Gasteiger partial charge >= 0.3 is 0 Å². The molecule has 27 heavy (non-hydrogen) atoms. The van der Waals surface area contributed by atoms with E-state index in [1.165, 1.54) is 32.1 Å². The lowest BCUT2D eigenvalue weighted by atomic mass is 9.48. The van der Waals surface area contributed by atoms with E-state index in [0.29, 0.717) is 23.7 Å². The summed E-state index contributed by atoms with van der Waals surface area (Å²) in [4.78, 5) is 25.4. The fourth-order valence-corrected chi connectivity index (χ4v) is 7.87. The second kappa shape index (κ2) is 6.33. The predicted octanol–water partition coefficient (Wildman–Crippen LogP) is 4.64. The summed E-state index contributed by atoms with van der Waals surface area (Å²) in [5.74, 6) is 1.52. The van der Waals surface area contributed by atoms with E-state index >= 15 is 0 Å². The van der Waals surface area contributed by atoms with E-state index in [1.807, 2.05) is 18.2 Å². The first kappa shape index (κ1) is 17.7. The summed E-state index contributed by atoms with van der Waals surface area (Å²) in [5, 5.41) is 6.08. The van der Waals surface area contributed by atoms with Crippen LogP contribution in [0.2, 0.25) is 0 Å². The van der Waals surface area contributed by atoms with Gasteiger partial charge in [0.15, 0.2) is 0 Å². The van der Waals surface area contributed by atoms with Gasteiger partial charge in [-0.1, -0.05) is 28.1 Å². The van der Waals surface area contributed by atoms with Crippen molar-refractivity contribution < 1.29 is 9.59 Å². The highest BCUT2D eigenvalue weighted by Gasteiger charge is 2.57. The Labute approximate surface area is 169 Å². The van der Waals surface area contributed by atoms with Gasteiger partial charge in [0.25, 0.3) is 5.91 Å². The molecule has 5 fully saturated rings. The molecule has 2 amide bonds. The van der Waals surface area contributed by atoms with Crippen molar-refractivity contribution in [2.45, 2.75) is 68.2 Å². The minimum absolute atomic E-state index is 0.0553. The molecule has 0 heterocycles. The Bertz CT molecular complexity index is 774. The number of nitrogens with one attached hydrogen (secondary N) is 2. The minimum Gasteiger partial charge on any atom is -0.349 e. The van der Waals surface area contributed by atoms with Crippen LogP contribution in [0, 0.1) is 17.3 Å². The molecule has 6 rings (SSSR count). The number of hydrogen-bond donors (Lipinski definition) is 2. The topological polar surface area (TPSA) is 58.2 Å². The maximum Gasteiger partial charge on any atom is 0.253 e. The van der Waals surface area contributed by atoms with Crippen LogP contribution in [0.5, 0.6) is 0 Å². The van der Waals surface area contributed by atoms with Gasteiger partial charge in [-0.15, -0.1) is 0 Å². The van der Waals surface area contributed by atoms with E-state index in [1.54, 1.807) is 6.07 Å². The zero-order valence-corrected chi connectivity index (χ0v) is 17.2. The van der Waals surface area contributed by atoms with E-state index in [-0.39, 0.29) is 21.6 Å². The molecule has 4 nitrogen and oxygen atoms in total. The third kappa shape index (κ3) is 3.55. The smallest absolute Gasteiger partial charge is 0.253 e. The van der Waals surface area contributed by atoms with Crippen LogP contribution in [-0.4, -0.2) is 22.2 Å². The molecule has 5 aliphatic rings. The number of halogens is 1. The number of anilines is 1. The zero-order chi connectivity index (χ0) is 18.6. The van der Waals surface area contributed by atoms with Gasteiger partial charge in [-0.25, -0.2) is 0 Å². The van der Waals surface area contributed by atoms with E-state index in [9.17, 15) is 9.59 Å². The molecule has 5 heteroatoms. The predicted molar refractivity (Wildman–Crippen MR) is 109 cm³/mol. The van der Waals surface area contributed by atoms with E-state index in [0.717, 1.165) is 31.1 Å². The summed E-state index contributed by atoms with van der Waals surface area (Å²) >= 11 is 4.02. The quantitative estimate of drug-likeness (QED) is 0.668. The van der Waals surface area contributed by atoms with Crippen molar-refractivity contribution in [3.05, 3.63) is 29.8 Å². The van der Waals surface area contributed by atoms with Gasteiger partial charge in [-0.2, -0.15) is 0 Å². The highest BCUT2D eigenvalue weighted by molar-refractivity contribution is 9.10. The Kier molecular flexibility index (Phi) is 4.15. The first-order valence-electron chi connectivity index (χ1n) is 10.3. The molecule has 0 saturated heterocycles. The third-order valence-corrected chi connectivity index (χ3v) is 7.93. The molecule has 5 saturated carbocycles. The standard InChI is InChI=1S/C22H27BrN2O2/c23-22-10-14-7-15(11-22)9-21(8-14,13-22)12-19(26)25-18-4-2-1-3-17(18)20(27)24-16-5-6-16/h1-4,14-16H,5-13H2,(H,24,27)(H,25,26)/t14-,15-,21?,22?/m1/s1. The molecule has 1 aromatic rings. The van der Waals surface area contributed by atoms with Crippen molar-refractivity contribution in [2.75, 3.05) is 5.32 Å². The van der Waals surface area contributed by atoms with Gasteiger partial charge in [-0.3, -0.25) is 9.59 Å². The van der Waals surface area contributed by atoms with Crippen LogP contribution in [0.1, 0.15) is 68.1 Å². The average molecular weight is 431 g/mol. The van der Waals surface area contributed by atoms with Gasteiger partial charge in [0, 0.05) is 16.8 Å². The molecular weight excluding hydrogens is 404 g/mol. The highest BCUT2D eigenvalue weighted by Crippen LogP contribution is 2.65. The summed E-state index contributed by atoms with van der Waals surface area (Å²) in [7, 11) is 0. The van der Waals surface area contributed by atoms with Crippen molar-refractivity contribution in [1.29, 1.82) is 0 Å². The zero-order valence-electron chi connectivity index (χ0n) is 15.6. The first-order valence-corrected chi connectivity index (χ1v) is 11.1. The van der Waals surface area contributed by atoms with Crippen LogP contribution >= 0.6 is 15.9 Å². The number of amides is 2. The largest absolute Gasteiger partial charge is 0.349 e. The highest BCUT2D eigenvalue weighted by atomic mass is 79.9. The summed E-state index contributed by atoms with van der Waals surface area (Å²) in [6.45, 7) is 0. The SMILES string of the molecule is O=C(CC12C[C@H]3C[C@@H](CC(Br)(C3)C1)C2)Nc1ccccc1C(=O)NC1CC1. The summed E-state index contributed by atoms with van der Waals surface area (Å²) in [6.07, 6.45) is 10.1. The minimum atomic E-state index is -0.0809. The van der Waals surface area contributed by atoms with Crippen LogP contribution in [0.4, 0.5) is 5.69 Å². The third-order valence-electron chi connectivity index (χ3n) is 7.00. The van der Waals surface area contributed by atoms with Crippen LogP contribution in [-0.2, 0) is 4.79 Å². The Morgan fingerprint density at radius 3 is 2.44 bits per heavy atom. The van der Waals surface area contributed by atoms with Gasteiger partial charge in [0.2, 0.25) is 5.91 Å². The fraction of sp³-hybridized carbons (Fsp3) is 0.636. The maximum absolute atomic E-state index is 13.0. The van der Waals surface area contributed by atoms with E-state index in [2.05, 4.69) is 26.6 Å². The van der Waals surface area contributed by atoms with Gasteiger partial charge in [0.05, 0.1) is 11.3 Å². The molecular formula is C22H27BrN2O2. The summed E-state index contributed by atoms with van der Waals surface area (Å²) in [5.41, 5.74) is 1.35. The van der Waals surface area contributed by atoms with Crippen molar-refractivity contribution in [3.63, 3.8) is 0 Å². The molecule has 0 aliphatic heterocycles. The molecule has 0 spiro atoms. The Balaban J connectivity index is 1.30. The van der Waals surface area contributed by atoms with Gasteiger partial charge in [-0.05, 0) is 80.8 Å². The number of para-hydroxylation sites is 1. The fourth-order valence-electron chi connectivity index (χ4n) is 6.36. The van der Waals surface area contributed by atoms with Gasteiger partial charge < -0.3 is 10.6 Å². The number of carbonyl (C=O) groups is 2. The molecule has 144 valence electrons. The Hall–Kier alpha value is -1.36. The van der Waals surface area contributed by atoms with E-state index in [4.69, 9.17) is 0 Å². The molecule has 2 atom stereocenters. The Morgan fingerprint density at radius 2 is 1.78 bits per heavy atom. The monoisotopic (exact) mass is 430 g/mol. The molecule has 2 N–H and O–H groups in total.